The summed E-state index contributed by atoms with van der Waals surface area (Å²) in [6.45, 7) is 0. The topological polar surface area (TPSA) is 149 Å². The van der Waals surface area contributed by atoms with Crippen molar-refractivity contribution in [2.45, 2.75) is 0 Å². The molecular formula is H4O6PSc. The first-order valence-electron chi connectivity index (χ1n) is 0.730. The van der Waals surface area contributed by atoms with Crippen molar-refractivity contribution in [1.82, 2.24) is 0 Å². The first-order valence-corrected chi connectivity index (χ1v) is 2.19. The fourth-order valence-electron chi connectivity index (χ4n) is 0. The van der Waals surface area contributed by atoms with Crippen molar-refractivity contribution in [2.75, 3.05) is 0 Å². The Morgan fingerprint density at radius 2 is 1.00 bits per heavy atom. The van der Waals surface area contributed by atoms with Crippen molar-refractivity contribution in [3.05, 3.63) is 0 Å². The summed E-state index contributed by atoms with van der Waals surface area (Å²) in [6.07, 6.45) is 0. The summed E-state index contributed by atoms with van der Waals surface area (Å²) in [5.41, 5.74) is 0. The quantitative estimate of drug-likeness (QED) is 0.341. The van der Waals surface area contributed by atoms with Gasteiger partial charge in [0.1, 0.15) is 0 Å². The van der Waals surface area contributed by atoms with Crippen LogP contribution in [-0.4, -0.2) is 11.0 Å². The van der Waals surface area contributed by atoms with Gasteiger partial charge in [-0.05, 0) is 0 Å². The largest absolute Gasteiger partial charge is 3.00 e. The van der Waals surface area contributed by atoms with Crippen molar-refractivity contribution in [3.8, 4) is 0 Å². The predicted molar refractivity (Wildman–Crippen MR) is 14.8 cm³/mol. The van der Waals surface area contributed by atoms with Crippen LogP contribution in [-0.2, 0) is 30.4 Å². The average molecular weight is 176 g/mol. The molecule has 0 aromatic heterocycles. The Labute approximate surface area is 64.2 Å². The Bertz CT molecular complexity index is 54.7. The van der Waals surface area contributed by atoms with E-state index in [1.54, 1.807) is 0 Å². The summed E-state index contributed by atoms with van der Waals surface area (Å²) in [4.78, 5) is 25.6. The van der Waals surface area contributed by atoms with E-state index in [1.165, 1.54) is 0 Å². The Balaban J connectivity index is -0.0000000267. The van der Waals surface area contributed by atoms with Gasteiger partial charge in [-0.25, -0.2) is 0 Å². The van der Waals surface area contributed by atoms with E-state index in [0.29, 0.717) is 0 Å². The molecule has 0 atom stereocenters. The van der Waals surface area contributed by atoms with Gasteiger partial charge >= 0.3 is 25.8 Å². The van der Waals surface area contributed by atoms with Crippen LogP contribution < -0.4 is 14.7 Å². The van der Waals surface area contributed by atoms with Gasteiger partial charge in [-0.3, -0.25) is 0 Å². The van der Waals surface area contributed by atoms with Crippen LogP contribution in [0.3, 0.4) is 0 Å². The van der Waals surface area contributed by atoms with E-state index >= 15 is 0 Å². The van der Waals surface area contributed by atoms with Gasteiger partial charge in [-0.2, -0.15) is 7.82 Å². The van der Waals surface area contributed by atoms with Gasteiger partial charge in [0.15, 0.2) is 0 Å². The van der Waals surface area contributed by atoms with Crippen LogP contribution in [0.25, 0.3) is 0 Å². The Hall–Kier alpha value is 0.900. The number of hydrogen-bond donors (Lipinski definition) is 0. The number of rotatable bonds is 0. The van der Waals surface area contributed by atoms with Crippen molar-refractivity contribution in [1.29, 1.82) is 0 Å². The van der Waals surface area contributed by atoms with E-state index in [9.17, 15) is 0 Å². The molecule has 0 aliphatic heterocycles. The third kappa shape index (κ3) is 296. The SMILES string of the molecule is O.O.O=P([O-])([O-])[O-].[Sc+3]. The predicted octanol–water partition coefficient (Wildman–Crippen LogP) is -4.48. The van der Waals surface area contributed by atoms with Crippen molar-refractivity contribution in [3.63, 3.8) is 0 Å². The molecule has 4 N–H and O–H groups in total. The molecule has 0 aromatic carbocycles. The second-order valence-corrected chi connectivity index (χ2v) is 1.34. The minimum absolute atomic E-state index is 0. The van der Waals surface area contributed by atoms with E-state index < -0.39 is 7.82 Å². The molecule has 48 valence electrons. The third-order valence-corrected chi connectivity index (χ3v) is 0. The van der Waals surface area contributed by atoms with Gasteiger partial charge < -0.3 is 30.2 Å². The van der Waals surface area contributed by atoms with E-state index in [1.807, 2.05) is 0 Å². The van der Waals surface area contributed by atoms with Crippen molar-refractivity contribution < 1.29 is 56.0 Å². The van der Waals surface area contributed by atoms with Crippen LogP contribution in [0.15, 0.2) is 0 Å². The van der Waals surface area contributed by atoms with Crippen LogP contribution >= 0.6 is 7.82 Å². The minimum atomic E-state index is -5.39. The summed E-state index contributed by atoms with van der Waals surface area (Å²) in [5.74, 6) is 0. The summed E-state index contributed by atoms with van der Waals surface area (Å²) < 4.78 is 8.55. The summed E-state index contributed by atoms with van der Waals surface area (Å²) >= 11 is 0. The molecule has 0 aliphatic carbocycles. The van der Waals surface area contributed by atoms with Crippen LogP contribution in [0.1, 0.15) is 0 Å². The van der Waals surface area contributed by atoms with Crippen LogP contribution in [0.4, 0.5) is 0 Å². The summed E-state index contributed by atoms with van der Waals surface area (Å²) in [6, 6.07) is 0. The smallest absolute Gasteiger partial charge is 0.822 e. The van der Waals surface area contributed by atoms with Gasteiger partial charge in [-0.15, -0.1) is 0 Å². The van der Waals surface area contributed by atoms with Gasteiger partial charge in [0.05, 0.1) is 0 Å². The zero-order valence-electron chi connectivity index (χ0n) is 3.66. The van der Waals surface area contributed by atoms with Gasteiger partial charge in [0, 0.05) is 0 Å². The molecule has 0 fully saturated rings. The van der Waals surface area contributed by atoms with Crippen LogP contribution in [0.5, 0.6) is 0 Å². The number of phosphoric acid groups is 1. The molecule has 0 saturated heterocycles. The van der Waals surface area contributed by atoms with E-state index in [0.717, 1.165) is 0 Å². The molecule has 0 bridgehead atoms. The zero-order chi connectivity index (χ0) is 4.50. The fourth-order valence-corrected chi connectivity index (χ4v) is 0. The van der Waals surface area contributed by atoms with Gasteiger partial charge in [0.25, 0.3) is 0 Å². The second kappa shape index (κ2) is 7.90. The molecule has 0 radical (unpaired) electrons. The molecule has 8 heteroatoms. The van der Waals surface area contributed by atoms with E-state index in [-0.39, 0.29) is 36.8 Å². The normalized spacial score (nSPS) is 7.38. The fraction of sp³-hybridized carbons (Fsp3) is 0. The zero-order valence-corrected chi connectivity index (χ0v) is 6.36. The van der Waals surface area contributed by atoms with Gasteiger partial charge in [-0.1, -0.05) is 0 Å². The third-order valence-electron chi connectivity index (χ3n) is 0. The molecular weight excluding hydrogens is 172 g/mol. The maximum absolute atomic E-state index is 8.55. The molecule has 0 aromatic rings. The molecule has 0 saturated carbocycles. The molecule has 0 spiro atoms. The van der Waals surface area contributed by atoms with Crippen molar-refractivity contribution >= 4 is 7.82 Å². The molecule has 0 amide bonds. The Morgan fingerprint density at radius 3 is 1.00 bits per heavy atom. The summed E-state index contributed by atoms with van der Waals surface area (Å²) in [5, 5.41) is 0. The standard InChI is InChI=1S/H3O4P.2H2O.Sc/c1-5(2,3)4;;;/h(H3,1,2,3,4);2*1H2;/q;;;+3/p-3. The van der Waals surface area contributed by atoms with Crippen molar-refractivity contribution in [2.24, 2.45) is 0 Å². The minimum Gasteiger partial charge on any atom is -0.822 e. The molecule has 0 rings (SSSR count). The second-order valence-electron chi connectivity index (χ2n) is 0.447. The van der Waals surface area contributed by atoms with E-state index in [4.69, 9.17) is 19.2 Å². The van der Waals surface area contributed by atoms with Gasteiger partial charge in [0.2, 0.25) is 0 Å². The Kier molecular flexibility index (Phi) is 22.8. The maximum Gasteiger partial charge on any atom is 3.00 e. The monoisotopic (exact) mass is 176 g/mol. The van der Waals surface area contributed by atoms with Crippen LogP contribution in [0, 0.1) is 0 Å². The molecule has 0 heterocycles. The molecule has 8 heavy (non-hydrogen) atoms. The molecule has 0 unspecified atom stereocenters. The number of hydrogen-bond acceptors (Lipinski definition) is 4. The maximum atomic E-state index is 8.55. The molecule has 6 nitrogen and oxygen atoms in total. The average Bonchev–Trinajstić information content (AvgIpc) is 0.722. The molecule has 0 aliphatic rings. The van der Waals surface area contributed by atoms with Crippen LogP contribution in [0.2, 0.25) is 0 Å². The van der Waals surface area contributed by atoms with E-state index in [2.05, 4.69) is 0 Å². The first-order chi connectivity index (χ1) is 2.00. The summed E-state index contributed by atoms with van der Waals surface area (Å²) in [7, 11) is -5.39. The first kappa shape index (κ1) is 23.1. The Morgan fingerprint density at radius 1 is 1.00 bits per heavy atom.